The molecule has 1 aromatic heterocycles. The van der Waals surface area contributed by atoms with Crippen molar-refractivity contribution in [3.8, 4) is 0 Å². The second kappa shape index (κ2) is 4.39. The van der Waals surface area contributed by atoms with Gasteiger partial charge in [0.05, 0.1) is 12.1 Å². The third-order valence-corrected chi connectivity index (χ3v) is 2.56. The number of benzene rings is 1. The van der Waals surface area contributed by atoms with E-state index in [1.54, 1.807) is 28.8 Å². The van der Waals surface area contributed by atoms with Gasteiger partial charge in [-0.3, -0.25) is 4.79 Å². The van der Waals surface area contributed by atoms with E-state index in [1.165, 1.54) is 6.20 Å². The number of pyridine rings is 1. The smallest absolute Gasteiger partial charge is 0.341 e. The fourth-order valence-electron chi connectivity index (χ4n) is 1.79. The molecule has 1 heterocycles. The van der Waals surface area contributed by atoms with Crippen molar-refractivity contribution in [2.24, 2.45) is 0 Å². The third-order valence-electron chi connectivity index (χ3n) is 2.56. The van der Waals surface area contributed by atoms with E-state index in [0.717, 1.165) is 0 Å². The molecule has 0 bridgehead atoms. The number of aromatic nitrogens is 1. The van der Waals surface area contributed by atoms with Crippen molar-refractivity contribution in [1.82, 2.24) is 4.57 Å². The normalized spacial score (nSPS) is 10.6. The fraction of sp³-hybridized carbons (Fsp3) is 0.167. The second-order valence-electron chi connectivity index (χ2n) is 3.61. The molecule has 0 aliphatic heterocycles. The summed E-state index contributed by atoms with van der Waals surface area (Å²) in [4.78, 5) is 22.8. The number of nitrogens with zero attached hydrogens (tertiary/aromatic N) is 1. The Morgan fingerprint density at radius 3 is 2.65 bits per heavy atom. The van der Waals surface area contributed by atoms with Crippen LogP contribution in [0, 0.1) is 0 Å². The van der Waals surface area contributed by atoms with Gasteiger partial charge in [0.25, 0.3) is 0 Å². The molecule has 1 aromatic carbocycles. The van der Waals surface area contributed by atoms with E-state index in [4.69, 9.17) is 10.2 Å². The molecule has 2 N–H and O–H groups in total. The van der Waals surface area contributed by atoms with Gasteiger partial charge < -0.3 is 14.8 Å². The average Bonchev–Trinajstić information content (AvgIpc) is 2.33. The van der Waals surface area contributed by atoms with Gasteiger partial charge in [-0.05, 0) is 12.1 Å². The van der Waals surface area contributed by atoms with E-state index in [1.807, 2.05) is 0 Å². The van der Waals surface area contributed by atoms with Crippen molar-refractivity contribution < 1.29 is 15.0 Å². The Balaban J connectivity index is 2.84. The molecule has 0 unspecified atom stereocenters. The van der Waals surface area contributed by atoms with Gasteiger partial charge in [-0.2, -0.15) is 0 Å². The molecule has 0 atom stereocenters. The topological polar surface area (TPSA) is 79.5 Å². The molecule has 2 rings (SSSR count). The highest BCUT2D eigenvalue weighted by Gasteiger charge is 2.13. The van der Waals surface area contributed by atoms with Crippen molar-refractivity contribution in [2.75, 3.05) is 6.61 Å². The van der Waals surface area contributed by atoms with Crippen LogP contribution in [0.3, 0.4) is 0 Å². The summed E-state index contributed by atoms with van der Waals surface area (Å²) in [5.41, 5.74) is -0.156. The molecule has 2 aromatic rings. The van der Waals surface area contributed by atoms with Gasteiger partial charge >= 0.3 is 5.97 Å². The first-order valence-electron chi connectivity index (χ1n) is 5.11. The van der Waals surface area contributed by atoms with Crippen LogP contribution < -0.4 is 5.43 Å². The van der Waals surface area contributed by atoms with Crippen LogP contribution in [0.1, 0.15) is 10.4 Å². The molecule has 0 fully saturated rings. The second-order valence-corrected chi connectivity index (χ2v) is 3.61. The summed E-state index contributed by atoms with van der Waals surface area (Å²) in [5.74, 6) is -1.26. The van der Waals surface area contributed by atoms with Gasteiger partial charge in [0.2, 0.25) is 5.43 Å². The van der Waals surface area contributed by atoms with Crippen LogP contribution in [0.15, 0.2) is 35.3 Å². The zero-order valence-electron chi connectivity index (χ0n) is 8.96. The highest BCUT2D eigenvalue weighted by Crippen LogP contribution is 2.11. The van der Waals surface area contributed by atoms with Gasteiger partial charge in [0.1, 0.15) is 5.56 Å². The minimum atomic E-state index is -1.26. The zero-order chi connectivity index (χ0) is 12.4. The summed E-state index contributed by atoms with van der Waals surface area (Å²) in [5, 5.41) is 18.2. The lowest BCUT2D eigenvalue weighted by atomic mass is 10.1. The molecular weight excluding hydrogens is 222 g/mol. The molecule has 88 valence electrons. The van der Waals surface area contributed by atoms with Crippen LogP contribution in [0.2, 0.25) is 0 Å². The van der Waals surface area contributed by atoms with E-state index in [-0.39, 0.29) is 18.7 Å². The molecule has 0 aliphatic carbocycles. The summed E-state index contributed by atoms with van der Waals surface area (Å²) in [6, 6.07) is 6.74. The summed E-state index contributed by atoms with van der Waals surface area (Å²) >= 11 is 0. The Morgan fingerprint density at radius 1 is 1.29 bits per heavy atom. The van der Waals surface area contributed by atoms with E-state index in [0.29, 0.717) is 10.9 Å². The maximum absolute atomic E-state index is 11.9. The Morgan fingerprint density at radius 2 is 2.00 bits per heavy atom. The minimum Gasteiger partial charge on any atom is -0.477 e. The molecular formula is C12H11NO4. The first-order valence-corrected chi connectivity index (χ1v) is 5.11. The predicted molar refractivity (Wildman–Crippen MR) is 62.3 cm³/mol. The maximum Gasteiger partial charge on any atom is 0.341 e. The standard InChI is InChI=1S/C12H11NO4/c14-6-5-13-7-9(12(16)17)11(15)8-3-1-2-4-10(8)13/h1-4,7,14H,5-6H2,(H,16,17). The Kier molecular flexibility index (Phi) is 2.93. The monoisotopic (exact) mass is 233 g/mol. The predicted octanol–water partition coefficient (Wildman–Crippen LogP) is 0.692. The number of carboxylic acids is 1. The Labute approximate surface area is 96.5 Å². The Hall–Kier alpha value is -2.14. The van der Waals surface area contributed by atoms with Crippen LogP contribution in [0.5, 0.6) is 0 Å². The van der Waals surface area contributed by atoms with Gasteiger partial charge in [0, 0.05) is 18.1 Å². The molecule has 0 saturated carbocycles. The van der Waals surface area contributed by atoms with Crippen LogP contribution >= 0.6 is 0 Å². The van der Waals surface area contributed by atoms with E-state index in [2.05, 4.69) is 0 Å². The van der Waals surface area contributed by atoms with Crippen molar-refractivity contribution in [1.29, 1.82) is 0 Å². The average molecular weight is 233 g/mol. The van der Waals surface area contributed by atoms with Crippen molar-refractivity contribution >= 4 is 16.9 Å². The highest BCUT2D eigenvalue weighted by molar-refractivity contribution is 5.92. The van der Waals surface area contributed by atoms with Gasteiger partial charge in [-0.1, -0.05) is 12.1 Å². The number of aliphatic hydroxyl groups is 1. The van der Waals surface area contributed by atoms with E-state index < -0.39 is 11.4 Å². The van der Waals surface area contributed by atoms with Crippen LogP contribution in [-0.2, 0) is 6.54 Å². The fourth-order valence-corrected chi connectivity index (χ4v) is 1.79. The minimum absolute atomic E-state index is 0.119. The molecule has 17 heavy (non-hydrogen) atoms. The SMILES string of the molecule is O=C(O)c1cn(CCO)c2ccccc2c1=O. The highest BCUT2D eigenvalue weighted by atomic mass is 16.4. The number of hydrogen-bond acceptors (Lipinski definition) is 3. The molecule has 0 amide bonds. The van der Waals surface area contributed by atoms with Gasteiger partial charge in [-0.25, -0.2) is 4.79 Å². The molecule has 5 heteroatoms. The van der Waals surface area contributed by atoms with E-state index in [9.17, 15) is 9.59 Å². The summed E-state index contributed by atoms with van der Waals surface area (Å²) in [7, 11) is 0. The number of aliphatic hydroxyl groups excluding tert-OH is 1. The number of carboxylic acid groups (broad SMARTS) is 1. The van der Waals surface area contributed by atoms with Crippen LogP contribution in [-0.4, -0.2) is 27.4 Å². The molecule has 0 saturated heterocycles. The largest absolute Gasteiger partial charge is 0.477 e. The number of hydrogen-bond donors (Lipinski definition) is 2. The third kappa shape index (κ3) is 1.92. The van der Waals surface area contributed by atoms with Crippen molar-refractivity contribution in [2.45, 2.75) is 6.54 Å². The lowest BCUT2D eigenvalue weighted by Crippen LogP contribution is -2.19. The van der Waals surface area contributed by atoms with Crippen molar-refractivity contribution in [3.05, 3.63) is 46.2 Å². The number of fused-ring (bicyclic) bond motifs is 1. The van der Waals surface area contributed by atoms with Gasteiger partial charge in [-0.15, -0.1) is 0 Å². The number of para-hydroxylation sites is 1. The zero-order valence-corrected chi connectivity index (χ0v) is 8.96. The lowest BCUT2D eigenvalue weighted by molar-refractivity contribution is 0.0694. The number of rotatable bonds is 3. The van der Waals surface area contributed by atoms with Gasteiger partial charge in [0.15, 0.2) is 0 Å². The first-order chi connectivity index (χ1) is 8.15. The molecule has 5 nitrogen and oxygen atoms in total. The summed E-state index contributed by atoms with van der Waals surface area (Å²) < 4.78 is 1.57. The number of carbonyl (C=O) groups is 1. The van der Waals surface area contributed by atoms with Crippen LogP contribution in [0.25, 0.3) is 10.9 Å². The molecule has 0 radical (unpaired) electrons. The quantitative estimate of drug-likeness (QED) is 0.817. The molecule has 0 aliphatic rings. The lowest BCUT2D eigenvalue weighted by Gasteiger charge is -2.10. The number of aromatic carboxylic acids is 1. The first kappa shape index (κ1) is 11.3. The Bertz CT molecular complexity index is 630. The van der Waals surface area contributed by atoms with Crippen LogP contribution in [0.4, 0.5) is 0 Å². The molecule has 0 spiro atoms. The summed E-state index contributed by atoms with van der Waals surface area (Å²) in [6.07, 6.45) is 1.27. The van der Waals surface area contributed by atoms with E-state index >= 15 is 0 Å². The maximum atomic E-state index is 11.9. The summed E-state index contributed by atoms with van der Waals surface area (Å²) in [6.45, 7) is 0.132. The van der Waals surface area contributed by atoms with Crippen molar-refractivity contribution in [3.63, 3.8) is 0 Å².